The Balaban J connectivity index is 1.31. The minimum atomic E-state index is -0.0436. The first-order valence-corrected chi connectivity index (χ1v) is 9.70. The molecule has 0 aliphatic carbocycles. The molecule has 3 aromatic rings. The van der Waals surface area contributed by atoms with Crippen molar-refractivity contribution in [2.24, 2.45) is 0 Å². The predicted molar refractivity (Wildman–Crippen MR) is 110 cm³/mol. The van der Waals surface area contributed by atoms with Crippen LogP contribution in [0.5, 0.6) is 0 Å². The fourth-order valence-electron chi connectivity index (χ4n) is 3.21. The maximum atomic E-state index is 12.4. The molecule has 1 fully saturated rings. The lowest BCUT2D eigenvalue weighted by molar-refractivity contribution is 0.143. The molecule has 1 aliphatic rings. The number of aromatic nitrogens is 2. The molecular formula is C20H20BrN5O. The summed E-state index contributed by atoms with van der Waals surface area (Å²) in [6.45, 7) is 4.00. The number of amides is 2. The van der Waals surface area contributed by atoms with Crippen LogP contribution in [-0.2, 0) is 6.54 Å². The smallest absolute Gasteiger partial charge is 0.321 e. The molecule has 1 aromatic heterocycles. The Labute approximate surface area is 166 Å². The maximum Gasteiger partial charge on any atom is 0.321 e. The Morgan fingerprint density at radius 2 is 1.67 bits per heavy atom. The molecule has 1 aliphatic heterocycles. The van der Waals surface area contributed by atoms with E-state index in [2.05, 4.69) is 48.2 Å². The number of carbonyl (C=O) groups is 1. The van der Waals surface area contributed by atoms with E-state index in [0.717, 1.165) is 53.9 Å². The average Bonchev–Trinajstić information content (AvgIpc) is 2.70. The zero-order valence-electron chi connectivity index (χ0n) is 14.8. The van der Waals surface area contributed by atoms with Crippen LogP contribution in [0.3, 0.4) is 0 Å². The van der Waals surface area contributed by atoms with E-state index in [4.69, 9.17) is 0 Å². The second-order valence-corrected chi connectivity index (χ2v) is 7.50. The monoisotopic (exact) mass is 425 g/mol. The van der Waals surface area contributed by atoms with Gasteiger partial charge in [-0.1, -0.05) is 22.0 Å². The number of urea groups is 1. The Bertz CT molecular complexity index is 939. The lowest BCUT2D eigenvalue weighted by Gasteiger charge is -2.34. The molecular weight excluding hydrogens is 406 g/mol. The van der Waals surface area contributed by atoms with Gasteiger partial charge in [0.25, 0.3) is 0 Å². The molecule has 0 saturated carbocycles. The first kappa shape index (κ1) is 17.9. The van der Waals surface area contributed by atoms with Crippen molar-refractivity contribution in [3.63, 3.8) is 0 Å². The van der Waals surface area contributed by atoms with Crippen LogP contribution < -0.4 is 5.32 Å². The average molecular weight is 426 g/mol. The Morgan fingerprint density at radius 1 is 0.963 bits per heavy atom. The van der Waals surface area contributed by atoms with Crippen LogP contribution in [0, 0.1) is 0 Å². The van der Waals surface area contributed by atoms with Gasteiger partial charge < -0.3 is 10.2 Å². The molecule has 4 rings (SSSR count). The minimum Gasteiger partial charge on any atom is -0.322 e. The van der Waals surface area contributed by atoms with Crippen molar-refractivity contribution in [2.45, 2.75) is 6.54 Å². The summed E-state index contributed by atoms with van der Waals surface area (Å²) >= 11 is 3.40. The van der Waals surface area contributed by atoms with E-state index in [1.807, 2.05) is 35.2 Å². The standard InChI is InChI=1S/C20H20BrN5O/c21-16-2-4-17(5-3-16)24-20(27)26-11-9-25(10-12-26)14-15-1-6-18-19(13-15)23-8-7-22-18/h1-8,13H,9-12,14H2,(H,24,27). The number of halogens is 1. The Hall–Kier alpha value is -2.51. The summed E-state index contributed by atoms with van der Waals surface area (Å²) in [5.74, 6) is 0. The molecule has 1 N–H and O–H groups in total. The molecule has 0 spiro atoms. The van der Waals surface area contributed by atoms with E-state index >= 15 is 0 Å². The Kier molecular flexibility index (Phi) is 5.31. The van der Waals surface area contributed by atoms with E-state index in [0.29, 0.717) is 0 Å². The number of benzene rings is 2. The number of anilines is 1. The molecule has 138 valence electrons. The molecule has 7 heteroatoms. The van der Waals surface area contributed by atoms with Gasteiger partial charge in [-0.3, -0.25) is 14.9 Å². The summed E-state index contributed by atoms with van der Waals surface area (Å²) in [6.07, 6.45) is 3.43. The second-order valence-electron chi connectivity index (χ2n) is 6.58. The molecule has 2 aromatic carbocycles. The molecule has 2 heterocycles. The second kappa shape index (κ2) is 8.02. The molecule has 2 amide bonds. The number of rotatable bonds is 3. The molecule has 0 bridgehead atoms. The lowest BCUT2D eigenvalue weighted by Crippen LogP contribution is -2.49. The highest BCUT2D eigenvalue weighted by molar-refractivity contribution is 9.10. The van der Waals surface area contributed by atoms with E-state index in [-0.39, 0.29) is 6.03 Å². The third kappa shape index (κ3) is 4.43. The predicted octanol–water partition coefficient (Wildman–Crippen LogP) is 3.74. The summed E-state index contributed by atoms with van der Waals surface area (Å²) in [4.78, 5) is 25.3. The zero-order valence-corrected chi connectivity index (χ0v) is 16.4. The SMILES string of the molecule is O=C(Nc1ccc(Br)cc1)N1CCN(Cc2ccc3nccnc3c2)CC1. The van der Waals surface area contributed by atoms with Crippen molar-refractivity contribution in [2.75, 3.05) is 31.5 Å². The normalized spacial score (nSPS) is 15.1. The highest BCUT2D eigenvalue weighted by atomic mass is 79.9. The quantitative estimate of drug-likeness (QED) is 0.693. The highest BCUT2D eigenvalue weighted by Gasteiger charge is 2.21. The first-order chi connectivity index (χ1) is 13.2. The van der Waals surface area contributed by atoms with Gasteiger partial charge in [-0.25, -0.2) is 4.79 Å². The fraction of sp³-hybridized carbons (Fsp3) is 0.250. The lowest BCUT2D eigenvalue weighted by atomic mass is 10.1. The molecule has 0 atom stereocenters. The largest absolute Gasteiger partial charge is 0.322 e. The van der Waals surface area contributed by atoms with E-state index in [9.17, 15) is 4.79 Å². The topological polar surface area (TPSA) is 61.4 Å². The zero-order chi connectivity index (χ0) is 18.6. The van der Waals surface area contributed by atoms with Gasteiger partial charge in [0.1, 0.15) is 0 Å². The molecule has 6 nitrogen and oxygen atoms in total. The van der Waals surface area contributed by atoms with Gasteiger partial charge >= 0.3 is 6.03 Å². The van der Waals surface area contributed by atoms with E-state index in [1.54, 1.807) is 12.4 Å². The van der Waals surface area contributed by atoms with Gasteiger partial charge in [0.15, 0.2) is 0 Å². The van der Waals surface area contributed by atoms with Gasteiger partial charge in [-0.15, -0.1) is 0 Å². The number of nitrogens with one attached hydrogen (secondary N) is 1. The summed E-state index contributed by atoms with van der Waals surface area (Å²) in [6, 6.07) is 13.8. The van der Waals surface area contributed by atoms with Crippen LogP contribution in [0.4, 0.5) is 10.5 Å². The number of fused-ring (bicyclic) bond motifs is 1. The van der Waals surface area contributed by atoms with Crippen LogP contribution in [0.25, 0.3) is 11.0 Å². The third-order valence-electron chi connectivity index (χ3n) is 4.69. The maximum absolute atomic E-state index is 12.4. The van der Waals surface area contributed by atoms with Crippen LogP contribution >= 0.6 is 15.9 Å². The van der Waals surface area contributed by atoms with Gasteiger partial charge in [0.2, 0.25) is 0 Å². The van der Waals surface area contributed by atoms with Gasteiger partial charge in [0.05, 0.1) is 11.0 Å². The number of carbonyl (C=O) groups excluding carboxylic acids is 1. The van der Waals surface area contributed by atoms with Crippen molar-refractivity contribution in [1.29, 1.82) is 0 Å². The number of nitrogens with zero attached hydrogens (tertiary/aromatic N) is 4. The van der Waals surface area contributed by atoms with Crippen molar-refractivity contribution < 1.29 is 4.79 Å². The summed E-state index contributed by atoms with van der Waals surface area (Å²) in [5.41, 5.74) is 3.86. The van der Waals surface area contributed by atoms with Gasteiger partial charge in [-0.2, -0.15) is 0 Å². The summed E-state index contributed by atoms with van der Waals surface area (Å²) in [5, 5.41) is 2.96. The van der Waals surface area contributed by atoms with Crippen molar-refractivity contribution in [3.8, 4) is 0 Å². The van der Waals surface area contributed by atoms with Gasteiger partial charge in [-0.05, 0) is 42.0 Å². The molecule has 27 heavy (non-hydrogen) atoms. The number of hydrogen-bond donors (Lipinski definition) is 1. The Morgan fingerprint density at radius 3 is 2.41 bits per heavy atom. The molecule has 0 radical (unpaired) electrons. The highest BCUT2D eigenvalue weighted by Crippen LogP contribution is 2.16. The van der Waals surface area contributed by atoms with Crippen LogP contribution in [0.1, 0.15) is 5.56 Å². The molecule has 0 unspecified atom stereocenters. The van der Waals surface area contributed by atoms with Gasteiger partial charge in [0, 0.05) is 55.3 Å². The van der Waals surface area contributed by atoms with Crippen molar-refractivity contribution >= 4 is 38.7 Å². The first-order valence-electron chi connectivity index (χ1n) is 8.91. The van der Waals surface area contributed by atoms with Crippen molar-refractivity contribution in [1.82, 2.24) is 19.8 Å². The van der Waals surface area contributed by atoms with Crippen LogP contribution in [0.2, 0.25) is 0 Å². The summed E-state index contributed by atoms with van der Waals surface area (Å²) < 4.78 is 0.994. The van der Waals surface area contributed by atoms with Crippen LogP contribution in [0.15, 0.2) is 59.3 Å². The summed E-state index contributed by atoms with van der Waals surface area (Å²) in [7, 11) is 0. The minimum absolute atomic E-state index is 0.0436. The van der Waals surface area contributed by atoms with Crippen LogP contribution in [-0.4, -0.2) is 52.0 Å². The third-order valence-corrected chi connectivity index (χ3v) is 5.22. The fourth-order valence-corrected chi connectivity index (χ4v) is 3.47. The van der Waals surface area contributed by atoms with E-state index in [1.165, 1.54) is 5.56 Å². The van der Waals surface area contributed by atoms with E-state index < -0.39 is 0 Å². The molecule has 1 saturated heterocycles. The number of hydrogen-bond acceptors (Lipinski definition) is 4. The van der Waals surface area contributed by atoms with Crippen molar-refractivity contribution in [3.05, 3.63) is 64.9 Å². The number of piperazine rings is 1.